The quantitative estimate of drug-likeness (QED) is 0.633. The van der Waals surface area contributed by atoms with Gasteiger partial charge >= 0.3 is 18.2 Å². The van der Waals surface area contributed by atoms with Gasteiger partial charge in [-0.1, -0.05) is 6.07 Å². The number of hydrogen-bond donors (Lipinski definition) is 2. The SMILES string of the molecule is O=C(COC(=O)/C=C/c1cccs1)NC(=O)NCC(F)(F)F. The van der Waals surface area contributed by atoms with Crippen molar-refractivity contribution in [2.24, 2.45) is 0 Å². The van der Waals surface area contributed by atoms with Crippen LogP contribution in [0.4, 0.5) is 18.0 Å². The van der Waals surface area contributed by atoms with E-state index in [0.29, 0.717) is 0 Å². The zero-order chi connectivity index (χ0) is 16.6. The number of urea groups is 1. The largest absolute Gasteiger partial charge is 0.452 e. The molecule has 1 aromatic rings. The number of carbonyl (C=O) groups excluding carboxylic acids is 3. The van der Waals surface area contributed by atoms with E-state index in [2.05, 4.69) is 4.74 Å². The highest BCUT2D eigenvalue weighted by Crippen LogP contribution is 2.12. The van der Waals surface area contributed by atoms with Crippen molar-refractivity contribution >= 4 is 35.3 Å². The number of hydrogen-bond acceptors (Lipinski definition) is 5. The highest BCUT2D eigenvalue weighted by Gasteiger charge is 2.27. The first-order chi connectivity index (χ1) is 10.3. The first-order valence-electron chi connectivity index (χ1n) is 5.79. The van der Waals surface area contributed by atoms with Crippen molar-refractivity contribution in [3.63, 3.8) is 0 Å². The number of amides is 3. The predicted octanol–water partition coefficient (Wildman–Crippen LogP) is 1.69. The van der Waals surface area contributed by atoms with Gasteiger partial charge in [0.2, 0.25) is 0 Å². The summed E-state index contributed by atoms with van der Waals surface area (Å²) in [5.74, 6) is -1.86. The lowest BCUT2D eigenvalue weighted by Gasteiger charge is -2.08. The van der Waals surface area contributed by atoms with Crippen molar-refractivity contribution in [1.82, 2.24) is 10.6 Å². The molecule has 6 nitrogen and oxygen atoms in total. The highest BCUT2D eigenvalue weighted by atomic mass is 32.1. The fraction of sp³-hybridized carbons (Fsp3) is 0.250. The molecule has 0 fully saturated rings. The van der Waals surface area contributed by atoms with Gasteiger partial charge in [0, 0.05) is 11.0 Å². The maximum absolute atomic E-state index is 11.8. The Kier molecular flexibility index (Phi) is 6.57. The Labute approximate surface area is 126 Å². The summed E-state index contributed by atoms with van der Waals surface area (Å²) >= 11 is 1.39. The minimum absolute atomic E-state index is 0.785. The second-order valence-electron chi connectivity index (χ2n) is 3.80. The van der Waals surface area contributed by atoms with E-state index in [1.807, 2.05) is 0 Å². The number of esters is 1. The molecule has 0 aliphatic carbocycles. The van der Waals surface area contributed by atoms with Gasteiger partial charge in [0.05, 0.1) is 0 Å². The van der Waals surface area contributed by atoms with Gasteiger partial charge in [-0.25, -0.2) is 9.59 Å². The monoisotopic (exact) mass is 336 g/mol. The van der Waals surface area contributed by atoms with E-state index < -0.39 is 37.2 Å². The van der Waals surface area contributed by atoms with Crippen LogP contribution in [0.25, 0.3) is 6.08 Å². The van der Waals surface area contributed by atoms with Crippen LogP contribution >= 0.6 is 11.3 Å². The van der Waals surface area contributed by atoms with Gasteiger partial charge < -0.3 is 10.1 Å². The minimum Gasteiger partial charge on any atom is -0.452 e. The van der Waals surface area contributed by atoms with E-state index in [0.717, 1.165) is 11.0 Å². The fourth-order valence-corrected chi connectivity index (χ4v) is 1.73. The Morgan fingerprint density at radius 3 is 2.64 bits per heavy atom. The van der Waals surface area contributed by atoms with Gasteiger partial charge in [0.25, 0.3) is 5.91 Å². The normalized spacial score (nSPS) is 11.2. The smallest absolute Gasteiger partial charge is 0.405 e. The Bertz CT molecular complexity index is 555. The molecule has 0 aliphatic heterocycles. The molecule has 22 heavy (non-hydrogen) atoms. The van der Waals surface area contributed by atoms with Crippen LogP contribution in [0.3, 0.4) is 0 Å². The predicted molar refractivity (Wildman–Crippen MR) is 71.9 cm³/mol. The van der Waals surface area contributed by atoms with Crippen molar-refractivity contribution in [2.75, 3.05) is 13.2 Å². The molecular weight excluding hydrogens is 325 g/mol. The molecule has 0 atom stereocenters. The molecule has 0 unspecified atom stereocenters. The standard InChI is InChI=1S/C12H11F3N2O4S/c13-12(14,15)7-16-11(20)17-9(18)6-21-10(19)4-3-8-2-1-5-22-8/h1-5H,6-7H2,(H2,16,17,18,20)/b4-3+. The molecule has 0 bridgehead atoms. The average molecular weight is 336 g/mol. The van der Waals surface area contributed by atoms with Crippen LogP contribution in [0.5, 0.6) is 0 Å². The Morgan fingerprint density at radius 2 is 2.05 bits per heavy atom. The number of ether oxygens (including phenoxy) is 1. The van der Waals surface area contributed by atoms with Crippen molar-refractivity contribution in [3.05, 3.63) is 28.5 Å². The molecule has 0 spiro atoms. The van der Waals surface area contributed by atoms with Gasteiger partial charge in [0.1, 0.15) is 6.54 Å². The second kappa shape index (κ2) is 8.17. The highest BCUT2D eigenvalue weighted by molar-refractivity contribution is 7.10. The van der Waals surface area contributed by atoms with Crippen molar-refractivity contribution < 1.29 is 32.3 Å². The molecule has 0 saturated heterocycles. The average Bonchev–Trinajstić information content (AvgIpc) is 2.93. The third-order valence-corrected chi connectivity index (χ3v) is 2.81. The van der Waals surface area contributed by atoms with Crippen molar-refractivity contribution in [3.8, 4) is 0 Å². The van der Waals surface area contributed by atoms with Gasteiger partial charge in [0.15, 0.2) is 6.61 Å². The summed E-state index contributed by atoms with van der Waals surface area (Å²) in [5.41, 5.74) is 0. The third-order valence-electron chi connectivity index (χ3n) is 1.97. The molecule has 1 rings (SSSR count). The molecule has 1 heterocycles. The third kappa shape index (κ3) is 8.04. The summed E-state index contributed by atoms with van der Waals surface area (Å²) in [5, 5.41) is 4.83. The zero-order valence-electron chi connectivity index (χ0n) is 11.0. The van der Waals surface area contributed by atoms with Crippen LogP contribution in [-0.2, 0) is 14.3 Å². The van der Waals surface area contributed by atoms with Crippen molar-refractivity contribution in [1.29, 1.82) is 0 Å². The summed E-state index contributed by atoms with van der Waals surface area (Å²) in [6, 6.07) is 2.21. The number of imide groups is 1. The van der Waals surface area contributed by atoms with Gasteiger partial charge in [-0.05, 0) is 17.5 Å². The van der Waals surface area contributed by atoms with Crippen LogP contribution in [0, 0.1) is 0 Å². The number of carbonyl (C=O) groups is 3. The molecular formula is C12H11F3N2O4S. The maximum atomic E-state index is 11.8. The van der Waals surface area contributed by atoms with Gasteiger partial charge in [-0.15, -0.1) is 11.3 Å². The van der Waals surface area contributed by atoms with Crippen LogP contribution in [0.1, 0.15) is 4.88 Å². The zero-order valence-corrected chi connectivity index (χ0v) is 11.8. The molecule has 2 N–H and O–H groups in total. The van der Waals surface area contributed by atoms with Gasteiger partial charge in [-0.2, -0.15) is 13.2 Å². The number of alkyl halides is 3. The molecule has 3 amide bonds. The van der Waals surface area contributed by atoms with Crippen LogP contribution < -0.4 is 10.6 Å². The van der Waals surface area contributed by atoms with Crippen LogP contribution in [0.15, 0.2) is 23.6 Å². The lowest BCUT2D eigenvalue weighted by molar-refractivity contribution is -0.143. The van der Waals surface area contributed by atoms with E-state index in [4.69, 9.17) is 0 Å². The van der Waals surface area contributed by atoms with E-state index in [1.54, 1.807) is 22.8 Å². The lowest BCUT2D eigenvalue weighted by Crippen LogP contribution is -2.44. The minimum atomic E-state index is -4.58. The summed E-state index contributed by atoms with van der Waals surface area (Å²) in [7, 11) is 0. The van der Waals surface area contributed by atoms with Crippen LogP contribution in [-0.4, -0.2) is 37.2 Å². The second-order valence-corrected chi connectivity index (χ2v) is 4.78. The summed E-state index contributed by atoms with van der Waals surface area (Å²) in [6.45, 7) is -2.36. The Balaban J connectivity index is 2.25. The number of thiophene rings is 1. The Morgan fingerprint density at radius 1 is 1.32 bits per heavy atom. The number of nitrogens with one attached hydrogen (secondary N) is 2. The van der Waals surface area contributed by atoms with Gasteiger partial charge in [-0.3, -0.25) is 10.1 Å². The molecule has 1 aromatic heterocycles. The molecule has 0 saturated carbocycles. The Hall–Kier alpha value is -2.36. The van der Waals surface area contributed by atoms with Crippen molar-refractivity contribution in [2.45, 2.75) is 6.18 Å². The number of halogens is 3. The van der Waals surface area contributed by atoms with E-state index in [9.17, 15) is 27.6 Å². The molecule has 0 aromatic carbocycles. The van der Waals surface area contributed by atoms with E-state index in [1.165, 1.54) is 22.7 Å². The number of rotatable bonds is 5. The first kappa shape index (κ1) is 17.7. The molecule has 0 radical (unpaired) electrons. The first-order valence-corrected chi connectivity index (χ1v) is 6.67. The summed E-state index contributed by atoms with van der Waals surface area (Å²) in [6.07, 6.45) is -2.02. The van der Waals surface area contributed by atoms with E-state index >= 15 is 0 Å². The topological polar surface area (TPSA) is 84.5 Å². The van der Waals surface area contributed by atoms with Crippen LogP contribution in [0.2, 0.25) is 0 Å². The molecule has 10 heteroatoms. The molecule has 0 aliphatic rings. The van der Waals surface area contributed by atoms with E-state index in [-0.39, 0.29) is 0 Å². The summed E-state index contributed by atoms with van der Waals surface area (Å²) < 4.78 is 39.9. The molecule has 120 valence electrons. The summed E-state index contributed by atoms with van der Waals surface area (Å²) in [4.78, 5) is 34.1. The maximum Gasteiger partial charge on any atom is 0.405 e. The lowest BCUT2D eigenvalue weighted by atomic mass is 10.4. The fourth-order valence-electron chi connectivity index (χ4n) is 1.11.